The van der Waals surface area contributed by atoms with E-state index >= 15 is 0 Å². The lowest BCUT2D eigenvalue weighted by molar-refractivity contribution is 0.626. The predicted molar refractivity (Wildman–Crippen MR) is 67.1 cm³/mol. The fourth-order valence-electron chi connectivity index (χ4n) is 1.96. The van der Waals surface area contributed by atoms with Gasteiger partial charge in [-0.2, -0.15) is 0 Å². The molecule has 0 unspecified atom stereocenters. The van der Waals surface area contributed by atoms with Gasteiger partial charge in [0.2, 0.25) is 0 Å². The van der Waals surface area contributed by atoms with Crippen LogP contribution < -0.4 is 0 Å². The minimum absolute atomic E-state index is 0.287. The van der Waals surface area contributed by atoms with Crippen molar-refractivity contribution in [1.82, 2.24) is 4.98 Å². The lowest BCUT2D eigenvalue weighted by atomic mass is 10.1. The quantitative estimate of drug-likeness (QED) is 0.622. The maximum Gasteiger partial charge on any atom is 0.157 e. The Bertz CT molecular complexity index is 708. The van der Waals surface area contributed by atoms with Gasteiger partial charge >= 0.3 is 0 Å². The molecule has 0 amide bonds. The minimum atomic E-state index is -0.418. The second-order valence-corrected chi connectivity index (χ2v) is 4.02. The molecule has 3 rings (SSSR count). The first-order valence-corrected chi connectivity index (χ1v) is 5.55. The number of halogens is 2. The van der Waals surface area contributed by atoms with Crippen molar-refractivity contribution in [3.8, 4) is 11.3 Å². The molecule has 0 aliphatic rings. The number of fused-ring (bicyclic) bond motifs is 1. The summed E-state index contributed by atoms with van der Waals surface area (Å²) in [5.41, 5.74) is 0.996. The molecule has 0 atom stereocenters. The van der Waals surface area contributed by atoms with Gasteiger partial charge in [-0.1, -0.05) is 30.3 Å². The first kappa shape index (κ1) is 10.8. The van der Waals surface area contributed by atoms with E-state index in [4.69, 9.17) is 0 Å². The van der Waals surface area contributed by atoms with Crippen LogP contribution in [-0.4, -0.2) is 4.98 Å². The Labute approximate surface area is 103 Å². The van der Waals surface area contributed by atoms with Gasteiger partial charge in [0.25, 0.3) is 0 Å². The standard InChI is InChI=1S/C15H9F2N/c16-12-6-7-13-11(8-12)9-18-15(14(13)17)10-4-2-1-3-5-10/h1-9H. The molecule has 0 N–H and O–H groups in total. The van der Waals surface area contributed by atoms with Crippen molar-refractivity contribution in [3.63, 3.8) is 0 Å². The molecule has 18 heavy (non-hydrogen) atoms. The molecule has 0 aliphatic carbocycles. The number of nitrogens with zero attached hydrogens (tertiary/aromatic N) is 1. The smallest absolute Gasteiger partial charge is 0.157 e. The zero-order valence-corrected chi connectivity index (χ0v) is 9.40. The van der Waals surface area contributed by atoms with E-state index in [2.05, 4.69) is 4.98 Å². The molecule has 1 nitrogen and oxygen atoms in total. The molecule has 88 valence electrons. The predicted octanol–water partition coefficient (Wildman–Crippen LogP) is 4.18. The summed E-state index contributed by atoms with van der Waals surface area (Å²) >= 11 is 0. The molecule has 0 saturated heterocycles. The zero-order valence-electron chi connectivity index (χ0n) is 9.40. The third kappa shape index (κ3) is 1.74. The highest BCUT2D eigenvalue weighted by molar-refractivity contribution is 5.86. The van der Waals surface area contributed by atoms with Gasteiger partial charge in [-0.25, -0.2) is 8.78 Å². The summed E-state index contributed by atoms with van der Waals surface area (Å²) < 4.78 is 27.3. The van der Waals surface area contributed by atoms with E-state index < -0.39 is 11.6 Å². The Hall–Kier alpha value is -2.29. The second kappa shape index (κ2) is 4.18. The molecule has 0 spiro atoms. The lowest BCUT2D eigenvalue weighted by Crippen LogP contribution is -1.91. The van der Waals surface area contributed by atoms with Gasteiger partial charge < -0.3 is 0 Å². The molecular weight excluding hydrogens is 232 g/mol. The number of pyridine rings is 1. The lowest BCUT2D eigenvalue weighted by Gasteiger charge is -2.05. The first-order chi connectivity index (χ1) is 8.75. The highest BCUT2D eigenvalue weighted by Gasteiger charge is 2.10. The van der Waals surface area contributed by atoms with Gasteiger partial charge in [0.05, 0.1) is 0 Å². The molecule has 0 saturated carbocycles. The summed E-state index contributed by atoms with van der Waals surface area (Å²) in [6, 6.07) is 13.1. The molecular formula is C15H9F2N. The van der Waals surface area contributed by atoms with Crippen molar-refractivity contribution in [3.05, 3.63) is 66.4 Å². The summed E-state index contributed by atoms with van der Waals surface area (Å²) in [4.78, 5) is 4.08. The minimum Gasteiger partial charge on any atom is -0.252 e. The van der Waals surface area contributed by atoms with Crippen LogP contribution in [0.3, 0.4) is 0 Å². The van der Waals surface area contributed by atoms with E-state index in [-0.39, 0.29) is 5.69 Å². The van der Waals surface area contributed by atoms with Crippen LogP contribution >= 0.6 is 0 Å². The fraction of sp³-hybridized carbons (Fsp3) is 0. The van der Waals surface area contributed by atoms with Crippen molar-refractivity contribution < 1.29 is 8.78 Å². The monoisotopic (exact) mass is 241 g/mol. The topological polar surface area (TPSA) is 12.9 Å². The van der Waals surface area contributed by atoms with Crippen molar-refractivity contribution in [2.24, 2.45) is 0 Å². The van der Waals surface area contributed by atoms with E-state index in [0.717, 1.165) is 0 Å². The van der Waals surface area contributed by atoms with Crippen molar-refractivity contribution >= 4 is 10.8 Å². The highest BCUT2D eigenvalue weighted by Crippen LogP contribution is 2.26. The summed E-state index contributed by atoms with van der Waals surface area (Å²) in [5, 5.41) is 0.845. The molecule has 2 aromatic carbocycles. The third-order valence-electron chi connectivity index (χ3n) is 2.84. The number of hydrogen-bond donors (Lipinski definition) is 0. The number of aromatic nitrogens is 1. The average Bonchev–Trinajstić information content (AvgIpc) is 2.40. The van der Waals surface area contributed by atoms with Gasteiger partial charge in [-0.15, -0.1) is 0 Å². The van der Waals surface area contributed by atoms with Gasteiger partial charge in [0.1, 0.15) is 11.5 Å². The van der Waals surface area contributed by atoms with Crippen LogP contribution in [0.25, 0.3) is 22.0 Å². The number of rotatable bonds is 1. The Kier molecular flexibility index (Phi) is 2.52. The van der Waals surface area contributed by atoms with Crippen molar-refractivity contribution in [2.75, 3.05) is 0 Å². The normalized spacial score (nSPS) is 10.8. The maximum absolute atomic E-state index is 14.3. The van der Waals surface area contributed by atoms with Gasteiger partial charge in [-0.05, 0) is 18.2 Å². The zero-order chi connectivity index (χ0) is 12.5. The SMILES string of the molecule is Fc1ccc2c(F)c(-c3ccccc3)ncc2c1. The Morgan fingerprint density at radius 3 is 2.44 bits per heavy atom. The van der Waals surface area contributed by atoms with Crippen molar-refractivity contribution in [1.29, 1.82) is 0 Å². The Balaban J connectivity index is 2.27. The molecule has 3 aromatic rings. The Morgan fingerprint density at radius 1 is 0.889 bits per heavy atom. The van der Waals surface area contributed by atoms with Gasteiger partial charge in [0.15, 0.2) is 5.82 Å². The largest absolute Gasteiger partial charge is 0.252 e. The van der Waals surface area contributed by atoms with E-state index in [9.17, 15) is 8.78 Å². The van der Waals surface area contributed by atoms with Crippen LogP contribution in [-0.2, 0) is 0 Å². The number of benzene rings is 2. The van der Waals surface area contributed by atoms with E-state index in [0.29, 0.717) is 16.3 Å². The van der Waals surface area contributed by atoms with Crippen LogP contribution in [0.4, 0.5) is 8.78 Å². The summed E-state index contributed by atoms with van der Waals surface area (Å²) in [6.45, 7) is 0. The van der Waals surface area contributed by atoms with Crippen LogP contribution in [0, 0.1) is 11.6 Å². The Morgan fingerprint density at radius 2 is 1.67 bits per heavy atom. The second-order valence-electron chi connectivity index (χ2n) is 4.02. The highest BCUT2D eigenvalue weighted by atomic mass is 19.1. The summed E-state index contributed by atoms with van der Waals surface area (Å²) in [6.07, 6.45) is 1.49. The maximum atomic E-state index is 14.3. The van der Waals surface area contributed by atoms with E-state index in [1.165, 1.54) is 24.4 Å². The van der Waals surface area contributed by atoms with Crippen LogP contribution in [0.2, 0.25) is 0 Å². The molecule has 3 heteroatoms. The van der Waals surface area contributed by atoms with Crippen LogP contribution in [0.1, 0.15) is 0 Å². The van der Waals surface area contributed by atoms with Gasteiger partial charge in [0, 0.05) is 22.5 Å². The summed E-state index contributed by atoms with van der Waals surface area (Å²) in [5.74, 6) is -0.810. The molecule has 0 aliphatic heterocycles. The number of hydrogen-bond acceptors (Lipinski definition) is 1. The summed E-state index contributed by atoms with van der Waals surface area (Å²) in [7, 11) is 0. The molecule has 0 fully saturated rings. The van der Waals surface area contributed by atoms with Crippen LogP contribution in [0.5, 0.6) is 0 Å². The third-order valence-corrected chi connectivity index (χ3v) is 2.84. The molecule has 0 radical (unpaired) electrons. The molecule has 0 bridgehead atoms. The van der Waals surface area contributed by atoms with E-state index in [1.807, 2.05) is 18.2 Å². The fourth-order valence-corrected chi connectivity index (χ4v) is 1.96. The van der Waals surface area contributed by atoms with Gasteiger partial charge in [-0.3, -0.25) is 4.98 Å². The average molecular weight is 241 g/mol. The first-order valence-electron chi connectivity index (χ1n) is 5.55. The molecule has 1 heterocycles. The van der Waals surface area contributed by atoms with E-state index in [1.54, 1.807) is 12.1 Å². The van der Waals surface area contributed by atoms with Crippen LogP contribution in [0.15, 0.2) is 54.7 Å². The van der Waals surface area contributed by atoms with Crippen molar-refractivity contribution in [2.45, 2.75) is 0 Å². The molecule has 1 aromatic heterocycles.